The van der Waals surface area contributed by atoms with Gasteiger partial charge in [-0.05, 0) is 0 Å². The molecule has 0 aromatic rings. The molecule has 0 unspecified atom stereocenters. The first-order valence-electron chi connectivity index (χ1n) is 0.204. The van der Waals surface area contributed by atoms with Crippen molar-refractivity contribution in [1.29, 1.82) is 0 Å². The molecule has 0 saturated carbocycles. The Kier molecular flexibility index (Phi) is 79.2. The number of rotatable bonds is 0. The third-order valence-corrected chi connectivity index (χ3v) is 0. The first-order chi connectivity index (χ1) is 1.00. The first-order valence-corrected chi connectivity index (χ1v) is 0.842. The van der Waals surface area contributed by atoms with Crippen LogP contribution in [0.4, 0.5) is 0 Å². The Balaban J connectivity index is -0.00000000500. The molecular formula is FeOTiY. The van der Waals surface area contributed by atoms with Crippen LogP contribution in [0.5, 0.6) is 0 Å². The predicted molar refractivity (Wildman–Crippen MR) is 0.686 cm³/mol. The van der Waals surface area contributed by atoms with E-state index in [2.05, 4.69) is 0 Å². The van der Waals surface area contributed by atoms with E-state index in [1.165, 1.54) is 0 Å². The fraction of sp³-hybridized carbons (Fsp3) is 0. The molecule has 0 aromatic heterocycles. The maximum atomic E-state index is 8.25. The van der Waals surface area contributed by atoms with Gasteiger partial charge in [0.05, 0.1) is 0 Å². The van der Waals surface area contributed by atoms with Crippen molar-refractivity contribution in [3.63, 3.8) is 0 Å². The molecule has 0 saturated heterocycles. The van der Waals surface area contributed by atoms with E-state index in [0.29, 0.717) is 0 Å². The van der Waals surface area contributed by atoms with Crippen molar-refractivity contribution in [1.82, 2.24) is 0 Å². The second-order valence-electron chi connectivity index (χ2n) is 0. The Hall–Kier alpha value is 2.14. The molecule has 0 atom stereocenters. The Morgan fingerprint density at radius 2 is 1.25 bits per heavy atom. The summed E-state index contributed by atoms with van der Waals surface area (Å²) in [6.07, 6.45) is 0. The molecule has 0 spiro atoms. The maximum absolute atomic E-state index is 8.25. The Morgan fingerprint density at radius 3 is 1.25 bits per heavy atom. The van der Waals surface area contributed by atoms with Crippen molar-refractivity contribution < 1.29 is 73.5 Å². The van der Waals surface area contributed by atoms with Crippen LogP contribution in [0.2, 0.25) is 0 Å². The van der Waals surface area contributed by atoms with Gasteiger partial charge in [-0.3, -0.25) is 0 Å². The molecule has 0 heterocycles. The maximum Gasteiger partial charge on any atom is 0 e. The summed E-state index contributed by atoms with van der Waals surface area (Å²) < 4.78 is 8.25. The van der Waals surface area contributed by atoms with Crippen molar-refractivity contribution in [2.75, 3.05) is 0 Å². The van der Waals surface area contributed by atoms with E-state index in [4.69, 9.17) is 3.32 Å². The number of hydrogen-bond acceptors (Lipinski definition) is 1. The summed E-state index contributed by atoms with van der Waals surface area (Å²) in [7, 11) is 0. The van der Waals surface area contributed by atoms with E-state index in [0.717, 1.165) is 20.4 Å². The van der Waals surface area contributed by atoms with Gasteiger partial charge in [-0.2, -0.15) is 0 Å². The van der Waals surface area contributed by atoms with E-state index in [9.17, 15) is 0 Å². The van der Waals surface area contributed by atoms with Crippen molar-refractivity contribution in [3.05, 3.63) is 0 Å². The van der Waals surface area contributed by atoms with Gasteiger partial charge in [0.25, 0.3) is 0 Å². The second kappa shape index (κ2) is 19.2. The molecule has 21 valence electrons. The largest absolute Gasteiger partial charge is 0 e. The van der Waals surface area contributed by atoms with Crippen LogP contribution in [0, 0.1) is 0 Å². The summed E-state index contributed by atoms with van der Waals surface area (Å²) in [6.45, 7) is 0. The fourth-order valence-electron chi connectivity index (χ4n) is 0. The molecule has 0 aliphatic heterocycles. The molecule has 4 heteroatoms. The topological polar surface area (TPSA) is 17.1 Å². The molecule has 1 radical (unpaired) electrons. The first kappa shape index (κ1) is 16.5. The molecule has 1 nitrogen and oxygen atoms in total. The van der Waals surface area contributed by atoms with Crippen LogP contribution < -0.4 is 0 Å². The zero-order valence-electron chi connectivity index (χ0n) is 1.84. The van der Waals surface area contributed by atoms with Crippen molar-refractivity contribution in [3.8, 4) is 0 Å². The third kappa shape index (κ3) is 8.91. The van der Waals surface area contributed by atoms with E-state index in [1.807, 2.05) is 0 Å². The van der Waals surface area contributed by atoms with Crippen LogP contribution in [-0.2, 0) is 73.5 Å². The Morgan fingerprint density at radius 1 is 1.25 bits per heavy atom. The summed E-state index contributed by atoms with van der Waals surface area (Å²) in [5.74, 6) is 0. The standard InChI is InChI=1S/Fe.O.Ti.Y. The van der Waals surface area contributed by atoms with Crippen molar-refractivity contribution in [2.45, 2.75) is 0 Å². The van der Waals surface area contributed by atoms with Crippen LogP contribution >= 0.6 is 0 Å². The van der Waals surface area contributed by atoms with Gasteiger partial charge in [0.2, 0.25) is 0 Å². The molecule has 0 bridgehead atoms. The molecule has 0 amide bonds. The molecule has 0 N–H and O–H groups in total. The van der Waals surface area contributed by atoms with Crippen LogP contribution in [0.15, 0.2) is 0 Å². The van der Waals surface area contributed by atoms with Gasteiger partial charge in [0.15, 0.2) is 0 Å². The average molecular weight is 209 g/mol. The molecule has 0 aliphatic rings. The summed E-state index contributed by atoms with van der Waals surface area (Å²) in [4.78, 5) is 0. The summed E-state index contributed by atoms with van der Waals surface area (Å²) in [6, 6.07) is 0. The molecule has 4 heavy (non-hydrogen) atoms. The minimum atomic E-state index is 0. The van der Waals surface area contributed by atoms with Crippen molar-refractivity contribution in [2.24, 2.45) is 0 Å². The van der Waals surface area contributed by atoms with Gasteiger partial charge in [-0.1, -0.05) is 0 Å². The molecule has 0 aliphatic carbocycles. The number of hydrogen-bond donors (Lipinski definition) is 0. The molecule has 0 rings (SSSR count). The SMILES string of the molecule is [Fe].[O]=[Ti].[Y]. The van der Waals surface area contributed by atoms with E-state index < -0.39 is 0 Å². The van der Waals surface area contributed by atoms with E-state index in [1.54, 1.807) is 0 Å². The monoisotopic (exact) mass is 209 g/mol. The zero-order chi connectivity index (χ0) is 2.00. The third-order valence-electron chi connectivity index (χ3n) is 0. The van der Waals surface area contributed by atoms with Gasteiger partial charge in [-0.15, -0.1) is 0 Å². The van der Waals surface area contributed by atoms with Gasteiger partial charge in [0.1, 0.15) is 0 Å². The predicted octanol–water partition coefficient (Wildman–Crippen LogP) is -0.126. The van der Waals surface area contributed by atoms with Crippen LogP contribution in [0.1, 0.15) is 0 Å². The van der Waals surface area contributed by atoms with Crippen LogP contribution in [-0.4, -0.2) is 0 Å². The minimum absolute atomic E-state index is 0. The zero-order valence-corrected chi connectivity index (χ0v) is 7.34. The summed E-state index contributed by atoms with van der Waals surface area (Å²) in [5, 5.41) is 0. The minimum Gasteiger partial charge on any atom is 0 e. The van der Waals surface area contributed by atoms with E-state index >= 15 is 0 Å². The van der Waals surface area contributed by atoms with Crippen LogP contribution in [0.25, 0.3) is 0 Å². The average Bonchev–Trinajstić information content (AvgIpc) is 1.00. The fourth-order valence-corrected chi connectivity index (χ4v) is 0. The van der Waals surface area contributed by atoms with E-state index in [-0.39, 0.29) is 49.8 Å². The van der Waals surface area contributed by atoms with Gasteiger partial charge >= 0.3 is 23.7 Å². The summed E-state index contributed by atoms with van der Waals surface area (Å²) >= 11 is 0.750. The molecule has 0 aromatic carbocycles. The summed E-state index contributed by atoms with van der Waals surface area (Å²) in [5.41, 5.74) is 0. The second-order valence-corrected chi connectivity index (χ2v) is 0. The van der Waals surface area contributed by atoms with Gasteiger partial charge in [-0.25, -0.2) is 0 Å². The van der Waals surface area contributed by atoms with Crippen LogP contribution in [0.3, 0.4) is 0 Å². The normalized spacial score (nSPS) is 0.750. The Labute approximate surface area is 72.4 Å². The Bertz CT molecular complexity index is 8.00. The molecular weight excluding hydrogens is 209 g/mol. The van der Waals surface area contributed by atoms with Crippen molar-refractivity contribution >= 4 is 0 Å². The quantitative estimate of drug-likeness (QED) is 0.507. The van der Waals surface area contributed by atoms with Gasteiger partial charge < -0.3 is 0 Å². The smallest absolute Gasteiger partial charge is 0 e. The van der Waals surface area contributed by atoms with Gasteiger partial charge in [0, 0.05) is 49.8 Å². The molecule has 0 fully saturated rings.